The predicted octanol–water partition coefficient (Wildman–Crippen LogP) is 2.28. The zero-order valence-corrected chi connectivity index (χ0v) is 13.0. The van der Waals surface area contributed by atoms with Crippen molar-refractivity contribution in [3.8, 4) is 0 Å². The van der Waals surface area contributed by atoms with Crippen molar-refractivity contribution in [1.82, 2.24) is 4.90 Å². The van der Waals surface area contributed by atoms with E-state index in [4.69, 9.17) is 10.2 Å². The van der Waals surface area contributed by atoms with E-state index in [1.54, 1.807) is 18.7 Å². The van der Waals surface area contributed by atoms with Crippen molar-refractivity contribution in [3.05, 3.63) is 0 Å². The molecule has 0 aliphatic rings. The van der Waals surface area contributed by atoms with Crippen molar-refractivity contribution in [2.45, 2.75) is 59.3 Å². The van der Waals surface area contributed by atoms with E-state index in [1.165, 1.54) is 0 Å². The quantitative estimate of drug-likeness (QED) is 0.571. The van der Waals surface area contributed by atoms with Gasteiger partial charge in [0, 0.05) is 19.5 Å². The Morgan fingerprint density at radius 3 is 2.20 bits per heavy atom. The maximum absolute atomic E-state index is 12.2. The predicted molar refractivity (Wildman–Crippen MR) is 78.5 cm³/mol. The van der Waals surface area contributed by atoms with E-state index in [0.29, 0.717) is 13.1 Å². The van der Waals surface area contributed by atoms with Gasteiger partial charge in [0.05, 0.1) is 13.0 Å². The second kappa shape index (κ2) is 9.75. The minimum absolute atomic E-state index is 0.0263. The molecule has 0 aromatic heterocycles. The minimum Gasteiger partial charge on any atom is -0.481 e. The van der Waals surface area contributed by atoms with Crippen LogP contribution in [0.5, 0.6) is 0 Å². The van der Waals surface area contributed by atoms with Gasteiger partial charge in [-0.1, -0.05) is 40.0 Å². The van der Waals surface area contributed by atoms with E-state index in [-0.39, 0.29) is 25.4 Å². The molecule has 0 spiro atoms. The third kappa shape index (κ3) is 8.91. The van der Waals surface area contributed by atoms with Crippen LogP contribution in [0, 0.1) is 5.41 Å². The Morgan fingerprint density at radius 2 is 1.70 bits per heavy atom. The minimum atomic E-state index is -0.889. The van der Waals surface area contributed by atoms with Gasteiger partial charge in [-0.3, -0.25) is 9.59 Å². The molecule has 0 unspecified atom stereocenters. The molecule has 0 saturated carbocycles. The first-order chi connectivity index (χ1) is 9.32. The summed E-state index contributed by atoms with van der Waals surface area (Å²) >= 11 is 0. The summed E-state index contributed by atoms with van der Waals surface area (Å²) in [6.45, 7) is 6.61. The second-order valence-electron chi connectivity index (χ2n) is 6.08. The number of unbranched alkanes of at least 4 members (excludes halogenated alkanes) is 3. The van der Waals surface area contributed by atoms with E-state index < -0.39 is 11.4 Å². The Morgan fingerprint density at radius 1 is 1.05 bits per heavy atom. The maximum Gasteiger partial charge on any atom is 0.303 e. The number of carboxylic acids is 1. The summed E-state index contributed by atoms with van der Waals surface area (Å²) in [5.41, 5.74) is -0.556. The maximum atomic E-state index is 12.2. The first-order valence-corrected chi connectivity index (χ1v) is 7.43. The monoisotopic (exact) mass is 287 g/mol. The van der Waals surface area contributed by atoms with Crippen LogP contribution < -0.4 is 0 Å². The SMILES string of the molecule is CCCCCCN(CCO)C(=O)CC(C)(C)CC(=O)O. The number of rotatable bonds is 11. The van der Waals surface area contributed by atoms with E-state index >= 15 is 0 Å². The smallest absolute Gasteiger partial charge is 0.303 e. The van der Waals surface area contributed by atoms with Crippen LogP contribution in [-0.2, 0) is 9.59 Å². The van der Waals surface area contributed by atoms with Gasteiger partial charge in [-0.15, -0.1) is 0 Å². The molecule has 0 aromatic rings. The van der Waals surface area contributed by atoms with Crippen LogP contribution in [-0.4, -0.2) is 46.7 Å². The number of hydrogen-bond donors (Lipinski definition) is 2. The molecule has 0 aliphatic carbocycles. The van der Waals surface area contributed by atoms with Gasteiger partial charge >= 0.3 is 5.97 Å². The highest BCUT2D eigenvalue weighted by Gasteiger charge is 2.27. The number of carbonyl (C=O) groups is 2. The summed E-state index contributed by atoms with van der Waals surface area (Å²) in [6.07, 6.45) is 4.46. The third-order valence-corrected chi connectivity index (χ3v) is 3.26. The van der Waals surface area contributed by atoms with Gasteiger partial charge in [0.2, 0.25) is 5.91 Å². The number of aliphatic hydroxyl groups is 1. The van der Waals surface area contributed by atoms with Gasteiger partial charge < -0.3 is 15.1 Å². The van der Waals surface area contributed by atoms with Crippen LogP contribution in [0.1, 0.15) is 59.3 Å². The number of carbonyl (C=O) groups excluding carboxylic acids is 1. The van der Waals surface area contributed by atoms with Crippen molar-refractivity contribution in [3.63, 3.8) is 0 Å². The Balaban J connectivity index is 4.36. The first kappa shape index (κ1) is 18.9. The topological polar surface area (TPSA) is 77.8 Å². The molecular weight excluding hydrogens is 258 g/mol. The van der Waals surface area contributed by atoms with Gasteiger partial charge in [-0.05, 0) is 11.8 Å². The van der Waals surface area contributed by atoms with E-state index in [0.717, 1.165) is 25.7 Å². The van der Waals surface area contributed by atoms with E-state index in [2.05, 4.69) is 6.92 Å². The molecule has 0 rings (SSSR count). The zero-order chi connectivity index (χ0) is 15.6. The number of amides is 1. The van der Waals surface area contributed by atoms with Crippen molar-refractivity contribution in [2.75, 3.05) is 19.7 Å². The van der Waals surface area contributed by atoms with Crippen molar-refractivity contribution in [1.29, 1.82) is 0 Å². The molecule has 5 heteroatoms. The molecule has 1 amide bonds. The fraction of sp³-hybridized carbons (Fsp3) is 0.867. The molecule has 118 valence electrons. The van der Waals surface area contributed by atoms with Gasteiger partial charge in [0.15, 0.2) is 0 Å². The molecule has 0 aromatic carbocycles. The number of hydrogen-bond acceptors (Lipinski definition) is 3. The van der Waals surface area contributed by atoms with Crippen molar-refractivity contribution >= 4 is 11.9 Å². The van der Waals surface area contributed by atoms with Gasteiger partial charge in [-0.25, -0.2) is 0 Å². The Bertz CT molecular complexity index is 302. The molecular formula is C15H29NO4. The zero-order valence-electron chi connectivity index (χ0n) is 13.0. The normalized spacial score (nSPS) is 11.4. The average Bonchev–Trinajstić information content (AvgIpc) is 2.30. The van der Waals surface area contributed by atoms with Crippen LogP contribution in [0.3, 0.4) is 0 Å². The van der Waals surface area contributed by atoms with Crippen LogP contribution in [0.15, 0.2) is 0 Å². The molecule has 0 heterocycles. The summed E-state index contributed by atoms with van der Waals surface area (Å²) in [5, 5.41) is 17.9. The highest BCUT2D eigenvalue weighted by molar-refractivity contribution is 5.78. The standard InChI is InChI=1S/C15H29NO4/c1-4-5-6-7-8-16(9-10-17)13(18)11-15(2,3)12-14(19)20/h17H,4-12H2,1-3H3,(H,19,20). The van der Waals surface area contributed by atoms with Gasteiger partial charge in [0.25, 0.3) is 0 Å². The van der Waals surface area contributed by atoms with E-state index in [1.807, 2.05) is 0 Å². The average molecular weight is 287 g/mol. The molecule has 0 saturated heterocycles. The van der Waals surface area contributed by atoms with Crippen molar-refractivity contribution in [2.24, 2.45) is 5.41 Å². The Hall–Kier alpha value is -1.10. The lowest BCUT2D eigenvalue weighted by atomic mass is 9.85. The lowest BCUT2D eigenvalue weighted by Gasteiger charge is -2.27. The van der Waals surface area contributed by atoms with Crippen LogP contribution in [0.4, 0.5) is 0 Å². The Kier molecular flexibility index (Phi) is 9.21. The largest absolute Gasteiger partial charge is 0.481 e. The fourth-order valence-corrected chi connectivity index (χ4v) is 2.20. The number of aliphatic hydroxyl groups excluding tert-OH is 1. The second-order valence-corrected chi connectivity index (χ2v) is 6.08. The lowest BCUT2D eigenvalue weighted by molar-refractivity contribution is -0.140. The summed E-state index contributed by atoms with van der Waals surface area (Å²) in [7, 11) is 0. The first-order valence-electron chi connectivity index (χ1n) is 7.43. The third-order valence-electron chi connectivity index (χ3n) is 3.26. The molecule has 0 bridgehead atoms. The Labute approximate surface area is 122 Å². The van der Waals surface area contributed by atoms with Crippen molar-refractivity contribution < 1.29 is 19.8 Å². The number of aliphatic carboxylic acids is 1. The number of nitrogens with zero attached hydrogens (tertiary/aromatic N) is 1. The van der Waals surface area contributed by atoms with Crippen LogP contribution >= 0.6 is 0 Å². The lowest BCUT2D eigenvalue weighted by Crippen LogP contribution is -2.37. The molecule has 20 heavy (non-hydrogen) atoms. The summed E-state index contributed by atoms with van der Waals surface area (Å²) < 4.78 is 0. The molecule has 0 aliphatic heterocycles. The fourth-order valence-electron chi connectivity index (χ4n) is 2.20. The highest BCUT2D eigenvalue weighted by atomic mass is 16.4. The highest BCUT2D eigenvalue weighted by Crippen LogP contribution is 2.26. The molecule has 0 atom stereocenters. The molecule has 0 fully saturated rings. The summed E-state index contributed by atoms with van der Waals surface area (Å²) in [4.78, 5) is 24.6. The molecule has 2 N–H and O–H groups in total. The number of carboxylic acid groups (broad SMARTS) is 1. The van der Waals surface area contributed by atoms with Gasteiger partial charge in [0.1, 0.15) is 0 Å². The molecule has 5 nitrogen and oxygen atoms in total. The summed E-state index contributed by atoms with van der Waals surface area (Å²) in [6, 6.07) is 0. The summed E-state index contributed by atoms with van der Waals surface area (Å²) in [5.74, 6) is -0.957. The van der Waals surface area contributed by atoms with E-state index in [9.17, 15) is 9.59 Å². The molecule has 0 radical (unpaired) electrons. The van der Waals surface area contributed by atoms with Crippen LogP contribution in [0.25, 0.3) is 0 Å². The van der Waals surface area contributed by atoms with Crippen LogP contribution in [0.2, 0.25) is 0 Å². The van der Waals surface area contributed by atoms with Gasteiger partial charge in [-0.2, -0.15) is 0 Å².